The van der Waals surface area contributed by atoms with Crippen LogP contribution in [0.3, 0.4) is 0 Å². The molecule has 17 nitrogen and oxygen atoms in total. The second-order valence-corrected chi connectivity index (χ2v) is 23.0. The zero-order valence-corrected chi connectivity index (χ0v) is 40.2. The van der Waals surface area contributed by atoms with Crippen molar-refractivity contribution >= 4 is 80.1 Å². The van der Waals surface area contributed by atoms with Crippen molar-refractivity contribution in [2.45, 2.75) is 44.4 Å². The molecule has 2 fully saturated rings. The van der Waals surface area contributed by atoms with Crippen LogP contribution in [0, 0.1) is 21.4 Å². The quantitative estimate of drug-likeness (QED) is 0.0527. The van der Waals surface area contributed by atoms with Crippen LogP contribution in [0.2, 0.25) is 5.02 Å². The molecule has 0 saturated carbocycles. The summed E-state index contributed by atoms with van der Waals surface area (Å²) in [6.07, 6.45) is 5.55. The largest absolute Gasteiger partial charge is 0.476 e. The number of ether oxygens (including phenoxy) is 1. The number of sulfonamides is 1. The first-order chi connectivity index (χ1) is 32.0. The fraction of sp³-hybridized carbons (Fsp3) is 0.404. The molecule has 4 N–H and O–H groups in total. The Morgan fingerprint density at radius 1 is 1.03 bits per heavy atom. The molecule has 0 spiro atoms. The lowest BCUT2D eigenvalue weighted by Crippen LogP contribution is -2.47. The SMILES string of the molecule is CC1(C)CCC(CN2CCN(c3ccc(C(=O)NS(=O)(=O)c4ccc(NCC5CNP(C)(=O)OC5)c([N+](=O)[O-])c4)c(N4CCCOc5nc6[nH]ccc6cc54)c3)CC2)=C(c2ccc(Cl)cc2)C1. The van der Waals surface area contributed by atoms with Crippen LogP contribution in [0.4, 0.5) is 28.4 Å². The van der Waals surface area contributed by atoms with E-state index in [1.165, 1.54) is 35.5 Å². The van der Waals surface area contributed by atoms with E-state index in [1.807, 2.05) is 41.3 Å². The molecular weight excluding hydrogens is 917 g/mol. The van der Waals surface area contributed by atoms with Crippen LogP contribution in [0.5, 0.6) is 5.88 Å². The molecule has 2 aromatic heterocycles. The number of aromatic amines is 1. The fourth-order valence-electron chi connectivity index (χ4n) is 9.29. The van der Waals surface area contributed by atoms with Gasteiger partial charge in [0.15, 0.2) is 0 Å². The van der Waals surface area contributed by atoms with Crippen molar-refractivity contribution in [2.75, 3.05) is 87.4 Å². The van der Waals surface area contributed by atoms with Gasteiger partial charge in [-0.2, -0.15) is 4.98 Å². The van der Waals surface area contributed by atoms with Crippen molar-refractivity contribution in [1.82, 2.24) is 24.7 Å². The maximum absolute atomic E-state index is 14.4. The summed E-state index contributed by atoms with van der Waals surface area (Å²) < 4.78 is 53.8. The molecule has 354 valence electrons. The Balaban J connectivity index is 0.976. The van der Waals surface area contributed by atoms with Gasteiger partial charge >= 0.3 is 0 Å². The van der Waals surface area contributed by atoms with Crippen LogP contribution in [-0.2, 0) is 19.1 Å². The number of nitro groups is 1. The predicted octanol–water partition coefficient (Wildman–Crippen LogP) is 8.42. The Bertz CT molecular complexity index is 2890. The zero-order valence-electron chi connectivity index (χ0n) is 37.7. The number of pyridine rings is 1. The van der Waals surface area contributed by atoms with Gasteiger partial charge < -0.3 is 29.4 Å². The summed E-state index contributed by atoms with van der Waals surface area (Å²) >= 11 is 6.27. The van der Waals surface area contributed by atoms with Crippen LogP contribution in [0.1, 0.15) is 55.5 Å². The lowest BCUT2D eigenvalue weighted by atomic mass is 9.72. The molecule has 2 saturated heterocycles. The number of rotatable bonds is 12. The number of piperazine rings is 1. The number of fused-ring (bicyclic) bond motifs is 2. The van der Waals surface area contributed by atoms with Gasteiger partial charge in [-0.25, -0.2) is 18.2 Å². The molecule has 0 bridgehead atoms. The second-order valence-electron chi connectivity index (χ2n) is 18.6. The van der Waals surface area contributed by atoms with Crippen molar-refractivity contribution in [3.8, 4) is 5.88 Å². The molecule has 5 aromatic rings. The Hall–Kier alpha value is -5.49. The molecule has 3 aliphatic heterocycles. The summed E-state index contributed by atoms with van der Waals surface area (Å²) in [6.45, 7) is 11.8. The number of carbonyl (C=O) groups is 1. The molecule has 3 aromatic carbocycles. The van der Waals surface area contributed by atoms with Crippen molar-refractivity contribution in [2.24, 2.45) is 11.3 Å². The molecule has 67 heavy (non-hydrogen) atoms. The van der Waals surface area contributed by atoms with E-state index in [0.29, 0.717) is 49.0 Å². The number of nitrogens with zero attached hydrogens (tertiary/aromatic N) is 5. The van der Waals surface area contributed by atoms with Gasteiger partial charge in [0.1, 0.15) is 17.0 Å². The first-order valence-corrected chi connectivity index (χ1v) is 26.5. The number of anilines is 4. The topological polar surface area (TPSA) is 204 Å². The molecule has 5 heterocycles. The Morgan fingerprint density at radius 2 is 1.82 bits per heavy atom. The van der Waals surface area contributed by atoms with Crippen molar-refractivity contribution in [3.63, 3.8) is 0 Å². The highest BCUT2D eigenvalue weighted by Gasteiger charge is 2.33. The molecule has 2 unspecified atom stereocenters. The summed E-state index contributed by atoms with van der Waals surface area (Å²) in [5, 5.41) is 19.6. The predicted molar refractivity (Wildman–Crippen MR) is 262 cm³/mol. The third kappa shape index (κ3) is 10.5. The molecule has 2 atom stereocenters. The minimum Gasteiger partial charge on any atom is -0.476 e. The Labute approximate surface area is 394 Å². The maximum atomic E-state index is 14.4. The van der Waals surface area contributed by atoms with Gasteiger partial charge in [0.2, 0.25) is 5.88 Å². The molecule has 1 aliphatic carbocycles. The van der Waals surface area contributed by atoms with Crippen molar-refractivity contribution < 1.29 is 32.0 Å². The Morgan fingerprint density at radius 3 is 2.57 bits per heavy atom. The monoisotopic (exact) mass is 971 g/mol. The summed E-state index contributed by atoms with van der Waals surface area (Å²) in [4.78, 5) is 40.1. The maximum Gasteiger partial charge on any atom is 0.293 e. The van der Waals surface area contributed by atoms with Gasteiger partial charge in [0, 0.05) is 93.3 Å². The number of H-pyrrole nitrogens is 1. The van der Waals surface area contributed by atoms with E-state index < -0.39 is 39.0 Å². The molecule has 9 rings (SSSR count). The third-order valence-electron chi connectivity index (χ3n) is 13.1. The highest BCUT2D eigenvalue weighted by molar-refractivity contribution is 7.90. The number of allylic oxidation sites excluding steroid dienone is 1. The number of aromatic nitrogens is 2. The van der Waals surface area contributed by atoms with E-state index in [0.717, 1.165) is 74.1 Å². The molecule has 20 heteroatoms. The molecule has 1 amide bonds. The summed E-state index contributed by atoms with van der Waals surface area (Å²) in [5.74, 6) is -0.673. The van der Waals surface area contributed by atoms with Gasteiger partial charge in [-0.3, -0.25) is 24.4 Å². The molecule has 4 aliphatic rings. The number of amides is 1. The summed E-state index contributed by atoms with van der Waals surface area (Å²) in [6, 6.07) is 20.9. The van der Waals surface area contributed by atoms with Crippen molar-refractivity contribution in [3.05, 3.63) is 111 Å². The minimum atomic E-state index is -4.62. The summed E-state index contributed by atoms with van der Waals surface area (Å²) in [5.41, 5.74) is 6.61. The highest BCUT2D eigenvalue weighted by atomic mass is 35.5. The Kier molecular flexibility index (Phi) is 13.1. The smallest absolute Gasteiger partial charge is 0.293 e. The molecular formula is C47H55ClN9O8PS. The number of benzene rings is 3. The zero-order chi connectivity index (χ0) is 47.1. The third-order valence-corrected chi connectivity index (χ3v) is 16.1. The van der Waals surface area contributed by atoms with Crippen LogP contribution in [0.15, 0.2) is 89.5 Å². The number of carbonyl (C=O) groups excluding carboxylic acids is 1. The average Bonchev–Trinajstić information content (AvgIpc) is 3.66. The number of nitrogens with one attached hydrogen (secondary N) is 4. The van der Waals surface area contributed by atoms with E-state index in [4.69, 9.17) is 25.8 Å². The van der Waals surface area contributed by atoms with Gasteiger partial charge in [-0.15, -0.1) is 0 Å². The van der Waals surface area contributed by atoms with Gasteiger partial charge in [0.25, 0.3) is 29.1 Å². The lowest BCUT2D eigenvalue weighted by Gasteiger charge is -2.39. The number of nitro benzene ring substituents is 1. The van der Waals surface area contributed by atoms with E-state index >= 15 is 0 Å². The van der Waals surface area contributed by atoms with E-state index in [-0.39, 0.29) is 35.7 Å². The summed E-state index contributed by atoms with van der Waals surface area (Å²) in [7, 11) is -7.50. The normalized spacial score (nSPS) is 21.3. The minimum absolute atomic E-state index is 0.0857. The van der Waals surface area contributed by atoms with E-state index in [9.17, 15) is 27.9 Å². The highest BCUT2D eigenvalue weighted by Crippen LogP contribution is 2.45. The fourth-order valence-corrected chi connectivity index (χ4v) is 11.6. The average molecular weight is 973 g/mol. The lowest BCUT2D eigenvalue weighted by molar-refractivity contribution is -0.384. The standard InChI is InChI=1S/C47H55ClN9O8PS/c1-47(2)15-13-34(39(26-47)32-5-7-35(48)8-6-32)29-54-18-20-55(21-19-54)36-9-11-38(41(24-36)56-17-4-22-64-46-43(56)23-33-14-16-49-44(33)52-46)45(58)53-67(62,63)37-10-12-40(42(25-37)57(59)60)50-27-31-28-51-66(3,61)65-30-31/h5-12,14,16,23-25,31,50H,4,13,15,17-22,26-30H2,1-3H3,(H,49,52)(H,51,61)(H,53,58). The molecule has 0 radical (unpaired) electrons. The van der Waals surface area contributed by atoms with Crippen LogP contribution < -0.4 is 29.7 Å². The second kappa shape index (κ2) is 18.9. The number of halogens is 1. The van der Waals surface area contributed by atoms with Gasteiger partial charge in [-0.05, 0) is 96.8 Å². The van der Waals surface area contributed by atoms with E-state index in [2.05, 4.69) is 55.9 Å². The first kappa shape index (κ1) is 46.6. The van der Waals surface area contributed by atoms with Crippen LogP contribution in [0.25, 0.3) is 16.6 Å². The first-order valence-electron chi connectivity index (χ1n) is 22.5. The van der Waals surface area contributed by atoms with Crippen molar-refractivity contribution in [1.29, 1.82) is 0 Å². The van der Waals surface area contributed by atoms with Gasteiger partial charge in [-0.1, -0.05) is 43.2 Å². The van der Waals surface area contributed by atoms with Gasteiger partial charge in [0.05, 0.1) is 34.3 Å². The van der Waals surface area contributed by atoms with E-state index in [1.54, 1.807) is 12.3 Å². The van der Waals surface area contributed by atoms with Crippen LogP contribution >= 0.6 is 19.1 Å². The number of hydrogen-bond acceptors (Lipinski definition) is 13. The van der Waals surface area contributed by atoms with Crippen LogP contribution in [-0.4, -0.2) is 106 Å². The number of hydrogen-bond donors (Lipinski definition) is 4.